The van der Waals surface area contributed by atoms with Crippen molar-refractivity contribution in [2.45, 2.75) is 0 Å². The van der Waals surface area contributed by atoms with Crippen LogP contribution in [0.5, 0.6) is 0 Å². The minimum absolute atomic E-state index is 0.0641. The lowest BCUT2D eigenvalue weighted by molar-refractivity contribution is 0.509. The number of pyridine rings is 1. The maximum absolute atomic E-state index is 13.8. The summed E-state index contributed by atoms with van der Waals surface area (Å²) in [5.41, 5.74) is 5.77. The Morgan fingerprint density at radius 3 is 2.71 bits per heavy atom. The van der Waals surface area contributed by atoms with Crippen LogP contribution in [0.25, 0.3) is 0 Å². The van der Waals surface area contributed by atoms with E-state index >= 15 is 0 Å². The van der Waals surface area contributed by atoms with E-state index in [-0.39, 0.29) is 22.9 Å². The molecule has 0 bridgehead atoms. The number of nitrogens with two attached hydrogens (primary N) is 3. The third-order valence-corrected chi connectivity index (χ3v) is 3.10. The third-order valence-electron chi connectivity index (χ3n) is 2.67. The fourth-order valence-electron chi connectivity index (χ4n) is 1.68. The highest BCUT2D eigenvalue weighted by molar-refractivity contribution is 9.10. The van der Waals surface area contributed by atoms with E-state index < -0.39 is 11.6 Å². The van der Waals surface area contributed by atoms with Crippen LogP contribution in [0, 0.1) is 11.6 Å². The van der Waals surface area contributed by atoms with Crippen molar-refractivity contribution in [1.29, 1.82) is 0 Å². The van der Waals surface area contributed by atoms with Gasteiger partial charge in [-0.15, -0.1) is 0 Å². The Kier molecular flexibility index (Phi) is 4.34. The van der Waals surface area contributed by atoms with Crippen molar-refractivity contribution in [3.63, 3.8) is 0 Å². The van der Waals surface area contributed by atoms with Gasteiger partial charge in [0.05, 0.1) is 11.3 Å². The highest BCUT2D eigenvalue weighted by atomic mass is 79.9. The Balaban J connectivity index is 2.51. The molecule has 0 unspecified atom stereocenters. The van der Waals surface area contributed by atoms with E-state index in [0.29, 0.717) is 4.47 Å². The van der Waals surface area contributed by atoms with Crippen molar-refractivity contribution in [3.05, 3.63) is 52.1 Å². The van der Waals surface area contributed by atoms with Gasteiger partial charge < -0.3 is 11.6 Å². The maximum Gasteiger partial charge on any atom is 0.183 e. The largest absolute Gasteiger partial charge is 0.383 e. The van der Waals surface area contributed by atoms with Gasteiger partial charge in [0.2, 0.25) is 0 Å². The van der Waals surface area contributed by atoms with Crippen molar-refractivity contribution in [2.24, 2.45) is 16.8 Å². The summed E-state index contributed by atoms with van der Waals surface area (Å²) in [6.07, 6.45) is 1.47. The zero-order valence-corrected chi connectivity index (χ0v) is 12.2. The van der Waals surface area contributed by atoms with Gasteiger partial charge in [-0.3, -0.25) is 5.01 Å². The normalized spacial score (nSPS) is 11.5. The summed E-state index contributed by atoms with van der Waals surface area (Å²) in [4.78, 5) is 3.91. The van der Waals surface area contributed by atoms with Crippen molar-refractivity contribution in [3.8, 4) is 0 Å². The molecule has 2 aromatic rings. The molecule has 0 aliphatic heterocycles. The molecule has 21 heavy (non-hydrogen) atoms. The highest BCUT2D eigenvalue weighted by Crippen LogP contribution is 2.23. The molecule has 1 aromatic heterocycles. The molecule has 9 heteroatoms. The number of benzene rings is 1. The maximum atomic E-state index is 13.8. The van der Waals surface area contributed by atoms with E-state index in [1.165, 1.54) is 18.3 Å². The molecule has 1 aromatic carbocycles. The Morgan fingerprint density at radius 2 is 2.05 bits per heavy atom. The van der Waals surface area contributed by atoms with E-state index in [4.69, 9.17) is 17.4 Å². The van der Waals surface area contributed by atoms with E-state index in [9.17, 15) is 8.78 Å². The second kappa shape index (κ2) is 6.02. The zero-order chi connectivity index (χ0) is 15.6. The predicted octanol–water partition coefficient (Wildman–Crippen LogP) is 1.71. The van der Waals surface area contributed by atoms with Crippen LogP contribution in [0.1, 0.15) is 5.56 Å². The number of hydrogen-bond acceptors (Lipinski definition) is 5. The number of rotatable bonds is 2. The summed E-state index contributed by atoms with van der Waals surface area (Å²) < 4.78 is 27.7. The summed E-state index contributed by atoms with van der Waals surface area (Å²) >= 11 is 3.22. The number of nitrogens with zero attached hydrogens (tertiary/aromatic N) is 3. The summed E-state index contributed by atoms with van der Waals surface area (Å²) in [7, 11) is 0. The quantitative estimate of drug-likeness (QED) is 0.328. The lowest BCUT2D eigenvalue weighted by Crippen LogP contribution is -2.40. The first-order valence-electron chi connectivity index (χ1n) is 5.63. The molecule has 0 aliphatic carbocycles. The Bertz CT molecular complexity index is 706. The van der Waals surface area contributed by atoms with E-state index in [1.54, 1.807) is 6.07 Å². The minimum Gasteiger partial charge on any atom is -0.383 e. The Hall–Kier alpha value is -2.26. The highest BCUT2D eigenvalue weighted by Gasteiger charge is 2.20. The first-order valence-corrected chi connectivity index (χ1v) is 6.43. The molecule has 0 spiro atoms. The van der Waals surface area contributed by atoms with E-state index in [2.05, 4.69) is 26.0 Å². The fourth-order valence-corrected chi connectivity index (χ4v) is 2.01. The first-order chi connectivity index (χ1) is 9.95. The molecule has 6 nitrogen and oxygen atoms in total. The van der Waals surface area contributed by atoms with Gasteiger partial charge in [0.1, 0.15) is 5.82 Å². The molecule has 0 saturated heterocycles. The topological polar surface area (TPSA) is 107 Å². The summed E-state index contributed by atoms with van der Waals surface area (Å²) in [5, 5.41) is 4.30. The molecule has 1 heterocycles. The van der Waals surface area contributed by atoms with Crippen LogP contribution in [0.4, 0.5) is 20.3 Å². The minimum atomic E-state index is -1.12. The molecule has 110 valence electrons. The SMILES string of the molecule is N/N=C(/c1cc(Br)cnc1N)N(N)c1cccc(F)c1F. The number of amidine groups is 1. The molecule has 0 atom stereocenters. The first kappa shape index (κ1) is 15.1. The van der Waals surface area contributed by atoms with Crippen molar-refractivity contribution < 1.29 is 8.78 Å². The van der Waals surface area contributed by atoms with Gasteiger partial charge in [0.15, 0.2) is 17.5 Å². The van der Waals surface area contributed by atoms with Gasteiger partial charge in [0.25, 0.3) is 0 Å². The van der Waals surface area contributed by atoms with Crippen LogP contribution >= 0.6 is 15.9 Å². The number of hydrogen-bond donors (Lipinski definition) is 3. The van der Waals surface area contributed by atoms with E-state index in [0.717, 1.165) is 11.1 Å². The van der Waals surface area contributed by atoms with Gasteiger partial charge in [0, 0.05) is 10.7 Å². The van der Waals surface area contributed by atoms with Crippen LogP contribution < -0.4 is 22.4 Å². The molecule has 0 saturated carbocycles. The number of halogens is 3. The van der Waals surface area contributed by atoms with Crippen LogP contribution in [0.3, 0.4) is 0 Å². The molecule has 0 amide bonds. The van der Waals surface area contributed by atoms with Crippen LogP contribution in [0.2, 0.25) is 0 Å². The molecule has 0 fully saturated rings. The number of aromatic nitrogens is 1. The Labute approximate surface area is 127 Å². The number of hydrazone groups is 1. The number of anilines is 2. The molecular formula is C12H11BrF2N6. The van der Waals surface area contributed by atoms with Gasteiger partial charge in [-0.2, -0.15) is 5.10 Å². The molecule has 2 rings (SSSR count). The number of hydrazine groups is 1. The van der Waals surface area contributed by atoms with Crippen LogP contribution in [-0.4, -0.2) is 10.8 Å². The average molecular weight is 357 g/mol. The van der Waals surface area contributed by atoms with Crippen molar-refractivity contribution in [1.82, 2.24) is 4.98 Å². The summed E-state index contributed by atoms with van der Waals surface area (Å²) in [5.74, 6) is 8.95. The standard InChI is InChI=1S/C12H11BrF2N6/c13-6-4-7(11(16)19-5-6)12(20-17)21(18)9-3-1-2-8(14)10(9)15/h1-5H,17-18H2,(H2,16,19)/b20-12-. The molecule has 6 N–H and O–H groups in total. The summed E-state index contributed by atoms with van der Waals surface area (Å²) in [6.45, 7) is 0. The second-order valence-electron chi connectivity index (χ2n) is 3.98. The summed E-state index contributed by atoms with van der Waals surface area (Å²) in [6, 6.07) is 5.13. The van der Waals surface area contributed by atoms with Gasteiger partial charge in [-0.05, 0) is 34.1 Å². The van der Waals surface area contributed by atoms with Gasteiger partial charge in [-0.25, -0.2) is 19.6 Å². The third kappa shape index (κ3) is 2.93. The lowest BCUT2D eigenvalue weighted by atomic mass is 10.2. The smallest absolute Gasteiger partial charge is 0.183 e. The van der Waals surface area contributed by atoms with Crippen LogP contribution in [0.15, 0.2) is 40.0 Å². The van der Waals surface area contributed by atoms with Crippen molar-refractivity contribution >= 4 is 33.3 Å². The lowest BCUT2D eigenvalue weighted by Gasteiger charge is -2.21. The monoisotopic (exact) mass is 356 g/mol. The molecular weight excluding hydrogens is 346 g/mol. The van der Waals surface area contributed by atoms with Gasteiger partial charge in [-0.1, -0.05) is 6.07 Å². The van der Waals surface area contributed by atoms with E-state index in [1.807, 2.05) is 0 Å². The Morgan fingerprint density at radius 1 is 1.33 bits per heavy atom. The van der Waals surface area contributed by atoms with Crippen LogP contribution in [-0.2, 0) is 0 Å². The fraction of sp³-hybridized carbons (Fsp3) is 0. The van der Waals surface area contributed by atoms with Gasteiger partial charge >= 0.3 is 0 Å². The second-order valence-corrected chi connectivity index (χ2v) is 4.90. The number of nitrogen functional groups attached to an aromatic ring is 1. The predicted molar refractivity (Wildman–Crippen MR) is 80.1 cm³/mol. The molecule has 0 radical (unpaired) electrons. The zero-order valence-electron chi connectivity index (χ0n) is 10.6. The average Bonchev–Trinajstić information content (AvgIpc) is 2.46. The van der Waals surface area contributed by atoms with Crippen molar-refractivity contribution in [2.75, 3.05) is 10.7 Å². The molecule has 0 aliphatic rings.